The monoisotopic (exact) mass is 634 g/mol. The molecule has 1 N–H and O–H groups in total. The third-order valence-corrected chi connectivity index (χ3v) is 5.73. The highest BCUT2D eigenvalue weighted by molar-refractivity contribution is 14.1. The van der Waals surface area contributed by atoms with Crippen LogP contribution in [0.15, 0.2) is 60.2 Å². The molecule has 188 valence electrons. The number of nitrogens with zero attached hydrogens (tertiary/aromatic N) is 3. The second kappa shape index (κ2) is 12.2. The Balaban J connectivity index is 1.97. The number of hydrogen-bond donors (Lipinski definition) is 1. The number of nitrogens with one attached hydrogen (secondary N) is 1. The number of carbonyl (C=O) groups is 1. The molecule has 3 aromatic carbocycles. The minimum Gasteiger partial charge on any atom is -0.490 e. The Bertz CT molecular complexity index is 1450. The summed E-state index contributed by atoms with van der Waals surface area (Å²) in [5.74, 6) is -0.554. The Morgan fingerprint density at radius 2 is 1.81 bits per heavy atom. The van der Waals surface area contributed by atoms with Crippen LogP contribution in [-0.4, -0.2) is 22.4 Å². The summed E-state index contributed by atoms with van der Waals surface area (Å²) in [4.78, 5) is 33.6. The average molecular weight is 635 g/mol. The van der Waals surface area contributed by atoms with E-state index in [-0.39, 0.29) is 29.4 Å². The van der Waals surface area contributed by atoms with E-state index in [1.807, 2.05) is 28.7 Å². The van der Waals surface area contributed by atoms with Crippen LogP contribution in [0.3, 0.4) is 0 Å². The first-order valence-electron chi connectivity index (χ1n) is 10.4. The number of halogens is 2. The van der Waals surface area contributed by atoms with Gasteiger partial charge in [0, 0.05) is 16.8 Å². The molecule has 0 spiro atoms. The van der Waals surface area contributed by atoms with E-state index in [0.717, 1.165) is 18.2 Å². The molecular formula is C24H16ClIN4O7. The van der Waals surface area contributed by atoms with Crippen LogP contribution in [0, 0.1) is 35.1 Å². The fraction of sp³-hybridized carbons (Fsp3) is 0.0833. The van der Waals surface area contributed by atoms with Crippen molar-refractivity contribution in [3.05, 3.63) is 94.6 Å². The van der Waals surface area contributed by atoms with Gasteiger partial charge < -0.3 is 14.8 Å². The SMILES string of the molecule is CCOc1cc(/C=C(/C#N)C(=O)Nc2ccc(Cl)cc2)cc(I)c1Oc1ccc([N+](=O)[O-])cc1[N+](=O)[O-]. The molecule has 0 aliphatic carbocycles. The topological polar surface area (TPSA) is 158 Å². The van der Waals surface area contributed by atoms with Crippen molar-refractivity contribution in [1.82, 2.24) is 0 Å². The Labute approximate surface area is 228 Å². The van der Waals surface area contributed by atoms with Crippen LogP contribution in [0.5, 0.6) is 17.2 Å². The van der Waals surface area contributed by atoms with Gasteiger partial charge in [-0.3, -0.25) is 25.0 Å². The maximum atomic E-state index is 12.6. The first-order chi connectivity index (χ1) is 17.6. The quantitative estimate of drug-likeness (QED) is 0.0919. The first-order valence-corrected chi connectivity index (χ1v) is 11.8. The second-order valence-electron chi connectivity index (χ2n) is 7.16. The van der Waals surface area contributed by atoms with Crippen molar-refractivity contribution < 1.29 is 24.1 Å². The molecule has 0 bridgehead atoms. The van der Waals surface area contributed by atoms with Gasteiger partial charge in [0.2, 0.25) is 5.75 Å². The van der Waals surface area contributed by atoms with Crippen LogP contribution in [0.1, 0.15) is 12.5 Å². The summed E-state index contributed by atoms with van der Waals surface area (Å²) in [6.45, 7) is 1.93. The van der Waals surface area contributed by atoms with E-state index in [0.29, 0.717) is 19.8 Å². The van der Waals surface area contributed by atoms with Crippen LogP contribution >= 0.6 is 34.2 Å². The summed E-state index contributed by atoms with van der Waals surface area (Å²) in [7, 11) is 0. The second-order valence-corrected chi connectivity index (χ2v) is 8.76. The number of nitro benzene ring substituents is 2. The number of anilines is 1. The molecule has 0 saturated carbocycles. The predicted octanol–water partition coefficient (Wildman–Crippen LogP) is 6.50. The summed E-state index contributed by atoms with van der Waals surface area (Å²) in [5, 5.41) is 35.2. The van der Waals surface area contributed by atoms with Crippen LogP contribution in [0.2, 0.25) is 5.02 Å². The fourth-order valence-electron chi connectivity index (χ4n) is 3.04. The predicted molar refractivity (Wildman–Crippen MR) is 144 cm³/mol. The molecule has 0 fully saturated rings. The number of ether oxygens (including phenoxy) is 2. The van der Waals surface area contributed by atoms with Gasteiger partial charge in [-0.05, 0) is 83.6 Å². The Kier molecular flexibility index (Phi) is 8.99. The molecule has 0 aliphatic heterocycles. The number of nitro groups is 2. The first kappa shape index (κ1) is 27.4. The molecule has 37 heavy (non-hydrogen) atoms. The summed E-state index contributed by atoms with van der Waals surface area (Å²) in [6.07, 6.45) is 1.36. The van der Waals surface area contributed by atoms with E-state index >= 15 is 0 Å². The number of hydrogen-bond acceptors (Lipinski definition) is 8. The zero-order valence-electron chi connectivity index (χ0n) is 18.9. The molecule has 0 saturated heterocycles. The highest BCUT2D eigenvalue weighted by Gasteiger charge is 2.23. The maximum Gasteiger partial charge on any atom is 0.318 e. The largest absolute Gasteiger partial charge is 0.490 e. The zero-order chi connectivity index (χ0) is 27.1. The number of carbonyl (C=O) groups excluding carboxylic acids is 1. The van der Waals surface area contributed by atoms with Gasteiger partial charge in [-0.15, -0.1) is 0 Å². The van der Waals surface area contributed by atoms with E-state index in [4.69, 9.17) is 21.1 Å². The summed E-state index contributed by atoms with van der Waals surface area (Å²) in [6, 6.07) is 14.3. The van der Waals surface area contributed by atoms with Crippen molar-refractivity contribution in [2.45, 2.75) is 6.92 Å². The molecule has 1 amide bonds. The van der Waals surface area contributed by atoms with Crippen molar-refractivity contribution >= 4 is 63.2 Å². The van der Waals surface area contributed by atoms with Crippen molar-refractivity contribution in [3.63, 3.8) is 0 Å². The molecule has 11 nitrogen and oxygen atoms in total. The van der Waals surface area contributed by atoms with Crippen LogP contribution in [0.25, 0.3) is 6.08 Å². The lowest BCUT2D eigenvalue weighted by Crippen LogP contribution is -2.13. The van der Waals surface area contributed by atoms with Gasteiger partial charge >= 0.3 is 5.69 Å². The van der Waals surface area contributed by atoms with Gasteiger partial charge in [0.15, 0.2) is 11.5 Å². The van der Waals surface area contributed by atoms with E-state index < -0.39 is 27.1 Å². The Hall–Kier alpha value is -4.22. The molecule has 0 radical (unpaired) electrons. The summed E-state index contributed by atoms with van der Waals surface area (Å²) < 4.78 is 11.9. The van der Waals surface area contributed by atoms with Gasteiger partial charge in [0.05, 0.1) is 26.1 Å². The Morgan fingerprint density at radius 3 is 2.41 bits per heavy atom. The van der Waals surface area contributed by atoms with E-state index in [1.54, 1.807) is 37.3 Å². The number of non-ortho nitro benzene ring substituents is 1. The minimum absolute atomic E-state index is 0.126. The number of nitriles is 1. The standard InChI is InChI=1S/C24H16ClIN4O7/c1-2-36-22-11-14(9-15(13-27)24(31)28-17-5-3-16(25)4-6-17)10-19(26)23(22)37-21-8-7-18(29(32)33)12-20(21)30(34)35/h3-12H,2H2,1H3,(H,28,31)/b15-9-. The van der Waals surface area contributed by atoms with Crippen LogP contribution in [0.4, 0.5) is 17.1 Å². The fourth-order valence-corrected chi connectivity index (χ4v) is 3.90. The van der Waals surface area contributed by atoms with Crippen molar-refractivity contribution in [2.75, 3.05) is 11.9 Å². The molecule has 3 aromatic rings. The zero-order valence-corrected chi connectivity index (χ0v) is 21.8. The lowest BCUT2D eigenvalue weighted by Gasteiger charge is -2.14. The number of benzene rings is 3. The molecule has 3 rings (SSSR count). The van der Waals surface area contributed by atoms with E-state index in [9.17, 15) is 30.3 Å². The smallest absolute Gasteiger partial charge is 0.318 e. The lowest BCUT2D eigenvalue weighted by molar-refractivity contribution is -0.394. The van der Waals surface area contributed by atoms with E-state index in [1.165, 1.54) is 12.1 Å². The third-order valence-electron chi connectivity index (χ3n) is 4.67. The molecule has 0 aromatic heterocycles. The average Bonchev–Trinajstić information content (AvgIpc) is 2.86. The summed E-state index contributed by atoms with van der Waals surface area (Å²) >= 11 is 7.76. The molecule has 13 heteroatoms. The van der Waals surface area contributed by atoms with Crippen LogP contribution < -0.4 is 14.8 Å². The highest BCUT2D eigenvalue weighted by Crippen LogP contribution is 2.41. The van der Waals surface area contributed by atoms with Gasteiger partial charge in [-0.2, -0.15) is 5.26 Å². The van der Waals surface area contributed by atoms with Crippen LogP contribution in [-0.2, 0) is 4.79 Å². The minimum atomic E-state index is -0.787. The maximum absolute atomic E-state index is 12.6. The molecule has 0 heterocycles. The van der Waals surface area contributed by atoms with Gasteiger partial charge in [0.25, 0.3) is 11.6 Å². The molecule has 0 aliphatic rings. The molecule has 0 unspecified atom stereocenters. The van der Waals surface area contributed by atoms with Gasteiger partial charge in [0.1, 0.15) is 11.6 Å². The lowest BCUT2D eigenvalue weighted by atomic mass is 10.1. The normalized spacial score (nSPS) is 10.8. The van der Waals surface area contributed by atoms with Crippen molar-refractivity contribution in [3.8, 4) is 23.3 Å². The highest BCUT2D eigenvalue weighted by atomic mass is 127. The van der Waals surface area contributed by atoms with Crippen molar-refractivity contribution in [1.29, 1.82) is 5.26 Å². The van der Waals surface area contributed by atoms with Gasteiger partial charge in [-0.1, -0.05) is 11.6 Å². The van der Waals surface area contributed by atoms with Gasteiger partial charge in [-0.25, -0.2) is 0 Å². The number of rotatable bonds is 9. The summed E-state index contributed by atoms with van der Waals surface area (Å²) in [5.41, 5.74) is -0.357. The Morgan fingerprint density at radius 1 is 1.11 bits per heavy atom. The number of amides is 1. The molecule has 0 atom stereocenters. The molecular weight excluding hydrogens is 619 g/mol. The third kappa shape index (κ3) is 6.93. The van der Waals surface area contributed by atoms with E-state index in [2.05, 4.69) is 5.32 Å². The van der Waals surface area contributed by atoms with Crippen molar-refractivity contribution in [2.24, 2.45) is 0 Å².